The Hall–Kier alpha value is -3.63. The van der Waals surface area contributed by atoms with E-state index >= 15 is 0 Å². The summed E-state index contributed by atoms with van der Waals surface area (Å²) in [6, 6.07) is 11.8. The summed E-state index contributed by atoms with van der Waals surface area (Å²) in [5.41, 5.74) is 0.850. The van der Waals surface area contributed by atoms with E-state index in [9.17, 15) is 26.7 Å². The van der Waals surface area contributed by atoms with E-state index in [1.807, 2.05) is 6.07 Å². The molecule has 0 spiro atoms. The minimum Gasteiger partial charge on any atom is -0.352 e. The van der Waals surface area contributed by atoms with Crippen LogP contribution in [0.15, 0.2) is 54.9 Å². The number of nitrogens with one attached hydrogen (secondary N) is 1. The van der Waals surface area contributed by atoms with Gasteiger partial charge in [-0.15, -0.1) is 0 Å². The molecule has 1 aromatic carbocycles. The number of carbonyl (C=O) groups is 1. The number of aryl methyl sites for hydroxylation is 1. The Labute approximate surface area is 204 Å². The van der Waals surface area contributed by atoms with Gasteiger partial charge in [0.1, 0.15) is 5.69 Å². The van der Waals surface area contributed by atoms with Crippen LogP contribution in [0.1, 0.15) is 35.1 Å². The van der Waals surface area contributed by atoms with Crippen LogP contribution in [0.5, 0.6) is 0 Å². The lowest BCUT2D eigenvalue weighted by atomic mass is 9.87. The SMILES string of the molecule is Cc1ccc(-c2ccccc2)c(C(=O)N2CC(F)(F)CC(C)C2CNc2ncc(C(F)(F)F)cn2)n1. The Balaban J connectivity index is 1.63. The van der Waals surface area contributed by atoms with Crippen LogP contribution in [0.25, 0.3) is 11.1 Å². The summed E-state index contributed by atoms with van der Waals surface area (Å²) in [4.78, 5) is 26.5. The molecule has 190 valence electrons. The lowest BCUT2D eigenvalue weighted by Gasteiger charge is -2.43. The maximum Gasteiger partial charge on any atom is 0.419 e. The molecule has 3 heterocycles. The topological polar surface area (TPSA) is 71.0 Å². The van der Waals surface area contributed by atoms with E-state index in [2.05, 4.69) is 20.3 Å². The number of piperidine rings is 1. The number of rotatable bonds is 5. The van der Waals surface area contributed by atoms with Gasteiger partial charge in [0.25, 0.3) is 11.8 Å². The first kappa shape index (κ1) is 25.5. The standard InChI is InChI=1S/C25H24F5N5O/c1-15-10-24(26,27)14-35(20(15)13-33-23-31-11-18(12-32-23)25(28,29)30)22(36)21-19(9-8-16(2)34-21)17-6-4-3-5-7-17/h3-9,11-12,15,20H,10,13-14H2,1-2H3,(H,31,32,33). The predicted octanol–water partition coefficient (Wildman–Crippen LogP) is 5.46. The van der Waals surface area contributed by atoms with Crippen molar-refractivity contribution >= 4 is 11.9 Å². The van der Waals surface area contributed by atoms with Gasteiger partial charge in [0, 0.05) is 36.6 Å². The molecule has 0 saturated carbocycles. The smallest absolute Gasteiger partial charge is 0.352 e. The monoisotopic (exact) mass is 505 g/mol. The van der Waals surface area contributed by atoms with Gasteiger partial charge in [0.2, 0.25) is 5.95 Å². The van der Waals surface area contributed by atoms with E-state index in [4.69, 9.17) is 0 Å². The number of amides is 1. The zero-order chi connectivity index (χ0) is 26.1. The van der Waals surface area contributed by atoms with E-state index in [0.717, 1.165) is 10.5 Å². The number of benzene rings is 1. The first-order valence-electron chi connectivity index (χ1n) is 11.3. The second-order valence-corrected chi connectivity index (χ2v) is 8.93. The molecule has 0 bridgehead atoms. The van der Waals surface area contributed by atoms with E-state index in [1.165, 1.54) is 0 Å². The Kier molecular flexibility index (Phi) is 6.92. The fourth-order valence-corrected chi connectivity index (χ4v) is 4.35. The Bertz CT molecular complexity index is 1220. The molecular formula is C25H24F5N5O. The Morgan fingerprint density at radius 3 is 2.42 bits per heavy atom. The average molecular weight is 505 g/mol. The molecule has 6 nitrogen and oxygen atoms in total. The third kappa shape index (κ3) is 5.60. The van der Waals surface area contributed by atoms with Gasteiger partial charge in [-0.2, -0.15) is 13.2 Å². The first-order valence-corrected chi connectivity index (χ1v) is 11.3. The molecule has 4 rings (SSSR count). The van der Waals surface area contributed by atoms with Crippen molar-refractivity contribution in [1.82, 2.24) is 19.9 Å². The van der Waals surface area contributed by atoms with Crippen molar-refractivity contribution in [1.29, 1.82) is 0 Å². The number of likely N-dealkylation sites (tertiary alicyclic amines) is 1. The van der Waals surface area contributed by atoms with Gasteiger partial charge in [-0.05, 0) is 24.5 Å². The third-order valence-corrected chi connectivity index (χ3v) is 6.11. The molecular weight excluding hydrogens is 481 g/mol. The number of carbonyl (C=O) groups excluding carboxylic acids is 1. The average Bonchev–Trinajstić information content (AvgIpc) is 2.82. The van der Waals surface area contributed by atoms with Crippen LogP contribution in [0.4, 0.5) is 27.9 Å². The molecule has 1 saturated heterocycles. The predicted molar refractivity (Wildman–Crippen MR) is 123 cm³/mol. The zero-order valence-electron chi connectivity index (χ0n) is 19.6. The van der Waals surface area contributed by atoms with Crippen molar-refractivity contribution < 1.29 is 26.7 Å². The van der Waals surface area contributed by atoms with Crippen molar-refractivity contribution in [3.8, 4) is 11.1 Å². The van der Waals surface area contributed by atoms with Crippen LogP contribution < -0.4 is 5.32 Å². The second kappa shape index (κ2) is 9.79. The summed E-state index contributed by atoms with van der Waals surface area (Å²) >= 11 is 0. The molecule has 1 N–H and O–H groups in total. The molecule has 2 unspecified atom stereocenters. The minimum absolute atomic E-state index is 0.0269. The van der Waals surface area contributed by atoms with Gasteiger partial charge in [-0.1, -0.05) is 43.3 Å². The van der Waals surface area contributed by atoms with Crippen LogP contribution >= 0.6 is 0 Å². The Morgan fingerprint density at radius 1 is 1.11 bits per heavy atom. The lowest BCUT2D eigenvalue weighted by molar-refractivity contribution is -0.138. The highest BCUT2D eigenvalue weighted by Crippen LogP contribution is 2.36. The van der Waals surface area contributed by atoms with Gasteiger partial charge >= 0.3 is 6.18 Å². The maximum atomic E-state index is 14.6. The number of hydrogen-bond donors (Lipinski definition) is 1. The minimum atomic E-state index is -4.58. The number of nitrogens with zero attached hydrogens (tertiary/aromatic N) is 4. The molecule has 0 radical (unpaired) electrons. The number of aromatic nitrogens is 3. The highest BCUT2D eigenvalue weighted by molar-refractivity contribution is 5.99. The largest absolute Gasteiger partial charge is 0.419 e. The molecule has 11 heteroatoms. The zero-order valence-corrected chi connectivity index (χ0v) is 19.6. The number of pyridine rings is 1. The van der Waals surface area contributed by atoms with Crippen LogP contribution in [-0.4, -0.2) is 50.8 Å². The van der Waals surface area contributed by atoms with E-state index in [-0.39, 0.29) is 18.2 Å². The maximum absolute atomic E-state index is 14.6. The van der Waals surface area contributed by atoms with Crippen LogP contribution in [0.3, 0.4) is 0 Å². The van der Waals surface area contributed by atoms with Crippen molar-refractivity contribution in [3.63, 3.8) is 0 Å². The van der Waals surface area contributed by atoms with Gasteiger partial charge in [0.05, 0.1) is 18.2 Å². The van der Waals surface area contributed by atoms with Crippen molar-refractivity contribution in [2.24, 2.45) is 5.92 Å². The molecule has 1 aliphatic rings. The van der Waals surface area contributed by atoms with Gasteiger partial charge in [-0.3, -0.25) is 4.79 Å². The molecule has 0 aliphatic carbocycles. The van der Waals surface area contributed by atoms with Crippen LogP contribution in [-0.2, 0) is 6.18 Å². The van der Waals surface area contributed by atoms with Gasteiger partial charge in [-0.25, -0.2) is 23.7 Å². The molecule has 1 aliphatic heterocycles. The van der Waals surface area contributed by atoms with E-state index < -0.39 is 48.5 Å². The van der Waals surface area contributed by atoms with E-state index in [1.54, 1.807) is 50.2 Å². The normalized spacial score (nSPS) is 19.7. The van der Waals surface area contributed by atoms with Crippen molar-refractivity contribution in [3.05, 3.63) is 71.8 Å². The van der Waals surface area contributed by atoms with Crippen molar-refractivity contribution in [2.75, 3.05) is 18.4 Å². The lowest BCUT2D eigenvalue weighted by Crippen LogP contribution is -2.57. The number of halogens is 5. The molecule has 2 aromatic heterocycles. The molecule has 36 heavy (non-hydrogen) atoms. The van der Waals surface area contributed by atoms with Crippen LogP contribution in [0.2, 0.25) is 0 Å². The molecule has 3 aromatic rings. The summed E-state index contributed by atoms with van der Waals surface area (Å²) in [7, 11) is 0. The highest BCUT2D eigenvalue weighted by atomic mass is 19.4. The summed E-state index contributed by atoms with van der Waals surface area (Å²) in [5, 5.41) is 2.80. The quantitative estimate of drug-likeness (QED) is 0.466. The summed E-state index contributed by atoms with van der Waals surface area (Å²) < 4.78 is 67.6. The van der Waals surface area contributed by atoms with Crippen molar-refractivity contribution in [2.45, 2.75) is 38.4 Å². The van der Waals surface area contributed by atoms with Gasteiger partial charge in [0.15, 0.2) is 0 Å². The second-order valence-electron chi connectivity index (χ2n) is 8.93. The fraction of sp³-hybridized carbons (Fsp3) is 0.360. The molecule has 1 amide bonds. The summed E-state index contributed by atoms with van der Waals surface area (Å²) in [6.45, 7) is 2.48. The third-order valence-electron chi connectivity index (χ3n) is 6.11. The molecule has 1 fully saturated rings. The number of alkyl halides is 5. The van der Waals surface area contributed by atoms with Gasteiger partial charge < -0.3 is 10.2 Å². The Morgan fingerprint density at radius 2 is 1.78 bits per heavy atom. The van der Waals surface area contributed by atoms with Crippen LogP contribution in [0, 0.1) is 12.8 Å². The first-order chi connectivity index (χ1) is 16.9. The number of anilines is 1. The number of hydrogen-bond acceptors (Lipinski definition) is 5. The summed E-state index contributed by atoms with van der Waals surface area (Å²) in [5.74, 6) is -4.47. The fourth-order valence-electron chi connectivity index (χ4n) is 4.35. The van der Waals surface area contributed by atoms with E-state index in [0.29, 0.717) is 23.7 Å². The summed E-state index contributed by atoms with van der Waals surface area (Å²) in [6.07, 6.45) is -3.74. The highest BCUT2D eigenvalue weighted by Gasteiger charge is 2.46. The molecule has 2 atom stereocenters.